The van der Waals surface area contributed by atoms with E-state index in [1.54, 1.807) is 7.11 Å². The molecule has 2 unspecified atom stereocenters. The smallest absolute Gasteiger partial charge is 0.119 e. The molecule has 0 amide bonds. The normalized spacial score (nSPS) is 21.1. The maximum Gasteiger partial charge on any atom is 0.119 e. The highest BCUT2D eigenvalue weighted by molar-refractivity contribution is 5.40. The molecular weight excluding hydrogens is 262 g/mol. The standard InChI is InChI=1S/C18H29NO2/c1-4-6-12-21-17-10-8-14-7-9-15(20-3)13-16(14)18(17)19-11-5-2/h7,9,13,17-19H,4-6,8,10-12H2,1-3H3. The van der Waals surface area contributed by atoms with Crippen molar-refractivity contribution >= 4 is 0 Å². The quantitative estimate of drug-likeness (QED) is 0.738. The zero-order valence-corrected chi connectivity index (χ0v) is 13.7. The molecule has 118 valence electrons. The highest BCUT2D eigenvalue weighted by Crippen LogP contribution is 2.34. The lowest BCUT2D eigenvalue weighted by Gasteiger charge is -2.34. The van der Waals surface area contributed by atoms with Crippen molar-refractivity contribution in [1.82, 2.24) is 5.32 Å². The van der Waals surface area contributed by atoms with Crippen LogP contribution in [-0.2, 0) is 11.2 Å². The summed E-state index contributed by atoms with van der Waals surface area (Å²) in [5.41, 5.74) is 2.79. The number of rotatable bonds is 8. The summed E-state index contributed by atoms with van der Waals surface area (Å²) in [6, 6.07) is 6.74. The molecule has 0 heterocycles. The van der Waals surface area contributed by atoms with E-state index in [0.717, 1.165) is 44.6 Å². The maximum atomic E-state index is 6.16. The molecular formula is C18H29NO2. The van der Waals surface area contributed by atoms with Gasteiger partial charge in [-0.3, -0.25) is 0 Å². The van der Waals surface area contributed by atoms with Crippen molar-refractivity contribution in [2.45, 2.75) is 58.1 Å². The van der Waals surface area contributed by atoms with E-state index in [1.807, 2.05) is 0 Å². The van der Waals surface area contributed by atoms with E-state index in [9.17, 15) is 0 Å². The zero-order valence-electron chi connectivity index (χ0n) is 13.7. The average molecular weight is 291 g/mol. The lowest BCUT2D eigenvalue weighted by atomic mass is 9.85. The van der Waals surface area contributed by atoms with Crippen LogP contribution in [0.4, 0.5) is 0 Å². The number of ether oxygens (including phenoxy) is 2. The molecule has 2 atom stereocenters. The Balaban J connectivity index is 2.16. The van der Waals surface area contributed by atoms with Crippen LogP contribution in [0.5, 0.6) is 5.75 Å². The number of unbranched alkanes of at least 4 members (excludes halogenated alkanes) is 1. The minimum atomic E-state index is 0.280. The van der Waals surface area contributed by atoms with Crippen LogP contribution in [-0.4, -0.2) is 26.4 Å². The highest BCUT2D eigenvalue weighted by Gasteiger charge is 2.30. The molecule has 1 aliphatic carbocycles. The fourth-order valence-corrected chi connectivity index (χ4v) is 2.98. The van der Waals surface area contributed by atoms with Crippen molar-refractivity contribution in [2.24, 2.45) is 0 Å². The molecule has 1 N–H and O–H groups in total. The largest absolute Gasteiger partial charge is 0.497 e. The summed E-state index contributed by atoms with van der Waals surface area (Å²) in [7, 11) is 1.73. The van der Waals surface area contributed by atoms with Gasteiger partial charge in [-0.2, -0.15) is 0 Å². The van der Waals surface area contributed by atoms with E-state index in [0.29, 0.717) is 6.04 Å². The van der Waals surface area contributed by atoms with Gasteiger partial charge < -0.3 is 14.8 Å². The van der Waals surface area contributed by atoms with Gasteiger partial charge in [-0.25, -0.2) is 0 Å². The Morgan fingerprint density at radius 3 is 2.81 bits per heavy atom. The average Bonchev–Trinajstić information content (AvgIpc) is 2.53. The summed E-state index contributed by atoms with van der Waals surface area (Å²) >= 11 is 0. The number of nitrogens with one attached hydrogen (secondary N) is 1. The molecule has 3 nitrogen and oxygen atoms in total. The predicted molar refractivity (Wildman–Crippen MR) is 87.0 cm³/mol. The van der Waals surface area contributed by atoms with E-state index < -0.39 is 0 Å². The molecule has 0 bridgehead atoms. The van der Waals surface area contributed by atoms with Crippen LogP contribution in [0.25, 0.3) is 0 Å². The van der Waals surface area contributed by atoms with Crippen LogP contribution in [0.2, 0.25) is 0 Å². The summed E-state index contributed by atoms with van der Waals surface area (Å²) in [6.45, 7) is 6.30. The topological polar surface area (TPSA) is 30.5 Å². The second kappa shape index (κ2) is 8.40. The minimum absolute atomic E-state index is 0.280. The van der Waals surface area contributed by atoms with E-state index in [1.165, 1.54) is 17.5 Å². The predicted octanol–water partition coefficient (Wildman–Crippen LogP) is 3.87. The highest BCUT2D eigenvalue weighted by atomic mass is 16.5. The van der Waals surface area contributed by atoms with Crippen molar-refractivity contribution in [3.8, 4) is 5.75 Å². The first-order valence-corrected chi connectivity index (χ1v) is 8.32. The Hall–Kier alpha value is -1.06. The molecule has 1 aliphatic rings. The van der Waals surface area contributed by atoms with Gasteiger partial charge in [0.2, 0.25) is 0 Å². The summed E-state index contributed by atoms with van der Waals surface area (Å²) in [6.07, 6.45) is 5.94. The lowest BCUT2D eigenvalue weighted by molar-refractivity contribution is 0.0141. The molecule has 0 spiro atoms. The Bertz CT molecular complexity index is 433. The number of hydrogen-bond donors (Lipinski definition) is 1. The van der Waals surface area contributed by atoms with Crippen molar-refractivity contribution in [3.63, 3.8) is 0 Å². The molecule has 1 aromatic carbocycles. The first kappa shape index (κ1) is 16.3. The van der Waals surface area contributed by atoms with E-state index in [4.69, 9.17) is 9.47 Å². The minimum Gasteiger partial charge on any atom is -0.497 e. The second-order valence-corrected chi connectivity index (χ2v) is 5.80. The van der Waals surface area contributed by atoms with Crippen LogP contribution in [0.15, 0.2) is 18.2 Å². The molecule has 0 aromatic heterocycles. The van der Waals surface area contributed by atoms with E-state index in [-0.39, 0.29) is 6.10 Å². The van der Waals surface area contributed by atoms with Gasteiger partial charge in [-0.1, -0.05) is 26.3 Å². The van der Waals surface area contributed by atoms with Gasteiger partial charge in [0.05, 0.1) is 19.3 Å². The maximum absolute atomic E-state index is 6.16. The van der Waals surface area contributed by atoms with Gasteiger partial charge in [0.25, 0.3) is 0 Å². The van der Waals surface area contributed by atoms with Crippen LogP contribution >= 0.6 is 0 Å². The van der Waals surface area contributed by atoms with Crippen molar-refractivity contribution in [2.75, 3.05) is 20.3 Å². The van der Waals surface area contributed by atoms with Gasteiger partial charge in [0.1, 0.15) is 5.75 Å². The summed E-state index contributed by atoms with van der Waals surface area (Å²) in [4.78, 5) is 0. The third-order valence-corrected chi connectivity index (χ3v) is 4.20. The fourth-order valence-electron chi connectivity index (χ4n) is 2.98. The van der Waals surface area contributed by atoms with Crippen LogP contribution in [0, 0.1) is 0 Å². The van der Waals surface area contributed by atoms with Gasteiger partial charge >= 0.3 is 0 Å². The lowest BCUT2D eigenvalue weighted by Crippen LogP contribution is -2.38. The fraction of sp³-hybridized carbons (Fsp3) is 0.667. The van der Waals surface area contributed by atoms with Crippen molar-refractivity contribution in [1.29, 1.82) is 0 Å². The number of methoxy groups -OCH3 is 1. The number of benzene rings is 1. The second-order valence-electron chi connectivity index (χ2n) is 5.80. The molecule has 3 heteroatoms. The van der Waals surface area contributed by atoms with Gasteiger partial charge in [0.15, 0.2) is 0 Å². The first-order valence-electron chi connectivity index (χ1n) is 8.32. The third-order valence-electron chi connectivity index (χ3n) is 4.20. The molecule has 21 heavy (non-hydrogen) atoms. The Kier molecular flexibility index (Phi) is 6.52. The van der Waals surface area contributed by atoms with Crippen LogP contribution in [0.3, 0.4) is 0 Å². The Morgan fingerprint density at radius 1 is 1.24 bits per heavy atom. The van der Waals surface area contributed by atoms with Crippen molar-refractivity contribution < 1.29 is 9.47 Å². The molecule has 2 rings (SSSR count). The third kappa shape index (κ3) is 4.21. The molecule has 0 saturated carbocycles. The molecule has 0 aliphatic heterocycles. The summed E-state index contributed by atoms with van der Waals surface area (Å²) < 4.78 is 11.6. The SMILES string of the molecule is CCCCOC1CCc2ccc(OC)cc2C1NCCC. The van der Waals surface area contributed by atoms with Gasteiger partial charge in [0, 0.05) is 6.61 Å². The summed E-state index contributed by atoms with van der Waals surface area (Å²) in [5.74, 6) is 0.936. The number of hydrogen-bond acceptors (Lipinski definition) is 3. The molecule has 0 fully saturated rings. The van der Waals surface area contributed by atoms with E-state index >= 15 is 0 Å². The summed E-state index contributed by atoms with van der Waals surface area (Å²) in [5, 5.41) is 3.68. The van der Waals surface area contributed by atoms with Crippen LogP contribution in [0.1, 0.15) is 56.7 Å². The Morgan fingerprint density at radius 2 is 2.10 bits per heavy atom. The first-order chi connectivity index (χ1) is 10.3. The van der Waals surface area contributed by atoms with Crippen LogP contribution < -0.4 is 10.1 Å². The number of aryl methyl sites for hydroxylation is 1. The van der Waals surface area contributed by atoms with E-state index in [2.05, 4.69) is 37.4 Å². The zero-order chi connectivity index (χ0) is 15.1. The molecule has 0 saturated heterocycles. The van der Waals surface area contributed by atoms with Gasteiger partial charge in [-0.15, -0.1) is 0 Å². The van der Waals surface area contributed by atoms with Crippen molar-refractivity contribution in [3.05, 3.63) is 29.3 Å². The monoisotopic (exact) mass is 291 g/mol. The molecule has 0 radical (unpaired) electrons. The van der Waals surface area contributed by atoms with Gasteiger partial charge in [-0.05, 0) is 55.5 Å². The number of fused-ring (bicyclic) bond motifs is 1. The Labute approximate surface area is 129 Å². The molecule has 1 aromatic rings.